The highest BCUT2D eigenvalue weighted by Crippen LogP contribution is 2.53. The maximum atomic E-state index is 13.0. The fourth-order valence-corrected chi connectivity index (χ4v) is 5.80. The van der Waals surface area contributed by atoms with E-state index in [1.165, 1.54) is 54.6 Å². The molecule has 29 heavy (non-hydrogen) atoms. The Labute approximate surface area is 186 Å². The summed E-state index contributed by atoms with van der Waals surface area (Å²) in [6.07, 6.45) is 0. The highest BCUT2D eigenvalue weighted by Gasteiger charge is 2.52. The molecule has 0 fully saturated rings. The zero-order chi connectivity index (χ0) is 21.6. The fraction of sp³-hybridized carbons (Fsp3) is 0.0526. The van der Waals surface area contributed by atoms with Crippen molar-refractivity contribution in [1.82, 2.24) is 0 Å². The Morgan fingerprint density at radius 2 is 1.38 bits per heavy atom. The van der Waals surface area contributed by atoms with Gasteiger partial charge in [-0.05, 0) is 35.9 Å². The van der Waals surface area contributed by atoms with Crippen molar-refractivity contribution in [2.24, 2.45) is 0 Å². The van der Waals surface area contributed by atoms with E-state index in [1.54, 1.807) is 0 Å². The van der Waals surface area contributed by atoms with Crippen molar-refractivity contribution in [2.45, 2.75) is 4.75 Å². The average Bonchev–Trinajstić information content (AvgIpc) is 2.65. The molecule has 1 unspecified atom stereocenters. The highest BCUT2D eigenvalue weighted by atomic mass is 35.5. The molecule has 0 aliphatic carbocycles. The van der Waals surface area contributed by atoms with Crippen LogP contribution in [-0.4, -0.2) is 23.2 Å². The summed E-state index contributed by atoms with van der Waals surface area (Å²) in [6.45, 7) is 0. The van der Waals surface area contributed by atoms with Crippen molar-refractivity contribution in [2.75, 3.05) is 0 Å². The summed E-state index contributed by atoms with van der Waals surface area (Å²) in [5.74, 6) is -0.612. The summed E-state index contributed by atoms with van der Waals surface area (Å²) in [7, 11) is -5.10. The predicted octanol–water partition coefficient (Wildman–Crippen LogP) is 5.89. The molecule has 0 aliphatic heterocycles. The molecule has 3 aromatic rings. The number of benzene rings is 3. The molecule has 152 valence electrons. The molecule has 3 rings (SSSR count). The smallest absolute Gasteiger partial charge is 0.283 e. The SMILES string of the molecule is O=S(=O)(O)C(c1ccc(O)cc1)(c1cccc(Cl)c1Cl)c1c(Cl)ccc(O)c1Cl. The van der Waals surface area contributed by atoms with Gasteiger partial charge < -0.3 is 10.2 Å². The minimum Gasteiger partial charge on any atom is -0.508 e. The lowest BCUT2D eigenvalue weighted by Crippen LogP contribution is -2.39. The molecule has 0 bridgehead atoms. The molecule has 0 aliphatic rings. The first-order valence-electron chi connectivity index (χ1n) is 7.90. The van der Waals surface area contributed by atoms with Crippen LogP contribution in [0.2, 0.25) is 20.1 Å². The van der Waals surface area contributed by atoms with Crippen LogP contribution in [0.15, 0.2) is 54.6 Å². The molecule has 10 heteroatoms. The van der Waals surface area contributed by atoms with Gasteiger partial charge in [-0.3, -0.25) is 4.55 Å². The van der Waals surface area contributed by atoms with E-state index in [1.807, 2.05) is 0 Å². The summed E-state index contributed by atoms with van der Waals surface area (Å²) >= 11 is 25.1. The van der Waals surface area contributed by atoms with Crippen molar-refractivity contribution < 1.29 is 23.2 Å². The summed E-state index contributed by atoms with van der Waals surface area (Å²) in [5.41, 5.74) is -0.510. The lowest BCUT2D eigenvalue weighted by Gasteiger charge is -2.34. The summed E-state index contributed by atoms with van der Waals surface area (Å²) < 4.78 is 34.1. The minimum absolute atomic E-state index is 0.0170. The first-order chi connectivity index (χ1) is 13.5. The number of phenolic OH excluding ortho intramolecular Hbond substituents is 2. The van der Waals surface area contributed by atoms with Crippen LogP contribution in [0.25, 0.3) is 0 Å². The monoisotopic (exact) mass is 492 g/mol. The quantitative estimate of drug-likeness (QED) is 0.311. The van der Waals surface area contributed by atoms with Crippen LogP contribution in [-0.2, 0) is 14.9 Å². The highest BCUT2D eigenvalue weighted by molar-refractivity contribution is 7.87. The van der Waals surface area contributed by atoms with E-state index in [2.05, 4.69) is 0 Å². The van der Waals surface area contributed by atoms with E-state index in [0.717, 1.165) is 0 Å². The molecular formula is C19H12Cl4O5S. The third kappa shape index (κ3) is 3.54. The van der Waals surface area contributed by atoms with Crippen LogP contribution in [0.4, 0.5) is 0 Å². The lowest BCUT2D eigenvalue weighted by atomic mass is 9.83. The van der Waals surface area contributed by atoms with E-state index < -0.39 is 25.6 Å². The number of rotatable bonds is 4. The van der Waals surface area contributed by atoms with Gasteiger partial charge in [-0.1, -0.05) is 70.7 Å². The van der Waals surface area contributed by atoms with Crippen molar-refractivity contribution in [1.29, 1.82) is 0 Å². The standard InChI is InChI=1S/C19H12Cl4O5S/c20-13-8-9-15(25)18(23)16(13)19(29(26,27)28,10-4-6-11(24)7-5-10)12-2-1-3-14(21)17(12)22/h1-9,24-25H,(H,26,27,28). The van der Waals surface area contributed by atoms with E-state index in [9.17, 15) is 23.2 Å². The predicted molar refractivity (Wildman–Crippen MR) is 114 cm³/mol. The van der Waals surface area contributed by atoms with E-state index in [-0.39, 0.29) is 37.5 Å². The van der Waals surface area contributed by atoms with E-state index in [4.69, 9.17) is 46.4 Å². The van der Waals surface area contributed by atoms with Gasteiger partial charge >= 0.3 is 0 Å². The summed E-state index contributed by atoms with van der Waals surface area (Å²) in [4.78, 5) is 0. The second kappa shape index (κ2) is 7.87. The Morgan fingerprint density at radius 3 is 1.97 bits per heavy atom. The van der Waals surface area contributed by atoms with Crippen molar-refractivity contribution >= 4 is 56.5 Å². The average molecular weight is 494 g/mol. The van der Waals surface area contributed by atoms with Gasteiger partial charge in [0.25, 0.3) is 10.1 Å². The Hall–Kier alpha value is -1.67. The molecular weight excluding hydrogens is 482 g/mol. The van der Waals surface area contributed by atoms with Gasteiger partial charge in [-0.25, -0.2) is 0 Å². The Kier molecular flexibility index (Phi) is 5.98. The second-order valence-electron chi connectivity index (χ2n) is 6.06. The summed E-state index contributed by atoms with van der Waals surface area (Å²) in [6, 6.07) is 11.6. The molecule has 5 nitrogen and oxygen atoms in total. The molecule has 0 amide bonds. The van der Waals surface area contributed by atoms with Gasteiger partial charge in [0.1, 0.15) is 11.5 Å². The molecule has 0 spiro atoms. The van der Waals surface area contributed by atoms with Crippen molar-refractivity contribution in [3.8, 4) is 11.5 Å². The van der Waals surface area contributed by atoms with Gasteiger partial charge in [-0.15, -0.1) is 0 Å². The van der Waals surface area contributed by atoms with Gasteiger partial charge in [0.15, 0.2) is 4.75 Å². The normalized spacial score (nSPS) is 13.8. The van der Waals surface area contributed by atoms with Gasteiger partial charge in [0.2, 0.25) is 0 Å². The first-order valence-corrected chi connectivity index (χ1v) is 10.9. The third-order valence-corrected chi connectivity index (χ3v) is 7.36. The largest absolute Gasteiger partial charge is 0.508 e. The number of halogens is 4. The van der Waals surface area contributed by atoms with Gasteiger partial charge in [-0.2, -0.15) is 8.42 Å². The number of aromatic hydroxyl groups is 2. The van der Waals surface area contributed by atoms with Crippen LogP contribution < -0.4 is 0 Å². The van der Waals surface area contributed by atoms with Crippen molar-refractivity contribution in [3.05, 3.63) is 91.4 Å². The van der Waals surface area contributed by atoms with Gasteiger partial charge in [0.05, 0.1) is 15.1 Å². The maximum absolute atomic E-state index is 13.0. The molecule has 3 N–H and O–H groups in total. The zero-order valence-electron chi connectivity index (χ0n) is 14.3. The Morgan fingerprint density at radius 1 is 0.759 bits per heavy atom. The van der Waals surface area contributed by atoms with E-state index in [0.29, 0.717) is 0 Å². The minimum atomic E-state index is -5.10. The number of hydrogen-bond donors (Lipinski definition) is 3. The molecule has 0 saturated heterocycles. The second-order valence-corrected chi connectivity index (χ2v) is 9.19. The molecule has 3 aromatic carbocycles. The third-order valence-electron chi connectivity index (χ3n) is 4.41. The van der Waals surface area contributed by atoms with Crippen molar-refractivity contribution in [3.63, 3.8) is 0 Å². The molecule has 0 saturated carbocycles. The molecule has 0 heterocycles. The van der Waals surface area contributed by atoms with Crippen LogP contribution in [0.3, 0.4) is 0 Å². The molecule has 1 atom stereocenters. The zero-order valence-corrected chi connectivity index (χ0v) is 18.1. The van der Waals surface area contributed by atoms with Gasteiger partial charge in [0, 0.05) is 16.1 Å². The van der Waals surface area contributed by atoms with Crippen LogP contribution in [0.5, 0.6) is 11.5 Å². The first kappa shape index (κ1) is 22.0. The van der Waals surface area contributed by atoms with Crippen LogP contribution in [0.1, 0.15) is 16.7 Å². The Balaban J connectivity index is 2.65. The topological polar surface area (TPSA) is 94.8 Å². The lowest BCUT2D eigenvalue weighted by molar-refractivity contribution is 0.455. The van der Waals surface area contributed by atoms with E-state index >= 15 is 0 Å². The summed E-state index contributed by atoms with van der Waals surface area (Å²) in [5, 5.41) is 19.1. The van der Waals surface area contributed by atoms with Crippen LogP contribution >= 0.6 is 46.4 Å². The number of phenols is 2. The Bertz CT molecular complexity index is 1200. The number of hydrogen-bond acceptors (Lipinski definition) is 4. The molecule has 0 radical (unpaired) electrons. The molecule has 0 aromatic heterocycles. The maximum Gasteiger partial charge on any atom is 0.283 e. The van der Waals surface area contributed by atoms with Crippen LogP contribution in [0, 0.1) is 0 Å². The fourth-order valence-electron chi connectivity index (χ4n) is 3.19.